The zero-order valence-corrected chi connectivity index (χ0v) is 6.75. The van der Waals surface area contributed by atoms with Crippen LogP contribution in [0.5, 0.6) is 0 Å². The van der Waals surface area contributed by atoms with Gasteiger partial charge in [0.2, 0.25) is 5.13 Å². The molecule has 0 aliphatic carbocycles. The minimum Gasteiger partial charge on any atom is -0.227 e. The standard InChI is InChI=1S/C6H6N4S/c1-5-2-8-6(11-5)10-4-7-3-9-10/h2-4H,1H3. The summed E-state index contributed by atoms with van der Waals surface area (Å²) in [5.41, 5.74) is 0. The van der Waals surface area contributed by atoms with Crippen LogP contribution < -0.4 is 0 Å². The molecule has 0 unspecified atom stereocenters. The third-order valence-corrected chi connectivity index (χ3v) is 2.13. The van der Waals surface area contributed by atoms with E-state index in [-0.39, 0.29) is 0 Å². The van der Waals surface area contributed by atoms with Gasteiger partial charge < -0.3 is 0 Å². The van der Waals surface area contributed by atoms with Crippen LogP contribution in [0.2, 0.25) is 0 Å². The van der Waals surface area contributed by atoms with Gasteiger partial charge >= 0.3 is 0 Å². The van der Waals surface area contributed by atoms with Crippen molar-refractivity contribution in [1.29, 1.82) is 0 Å². The SMILES string of the molecule is Cc1cnc(-n2cncn2)s1. The highest BCUT2D eigenvalue weighted by Gasteiger charge is 1.99. The zero-order chi connectivity index (χ0) is 7.68. The van der Waals surface area contributed by atoms with E-state index < -0.39 is 0 Å². The normalized spacial score (nSPS) is 10.3. The van der Waals surface area contributed by atoms with Crippen LogP contribution in [0, 0.1) is 6.92 Å². The second kappa shape index (κ2) is 2.43. The summed E-state index contributed by atoms with van der Waals surface area (Å²) < 4.78 is 1.65. The van der Waals surface area contributed by atoms with E-state index in [0.717, 1.165) is 5.13 Å². The quantitative estimate of drug-likeness (QED) is 0.635. The number of nitrogens with zero attached hydrogens (tertiary/aromatic N) is 4. The third-order valence-electron chi connectivity index (χ3n) is 1.22. The molecule has 0 aliphatic rings. The summed E-state index contributed by atoms with van der Waals surface area (Å²) in [6.07, 6.45) is 4.96. The largest absolute Gasteiger partial charge is 0.227 e. The van der Waals surface area contributed by atoms with Gasteiger partial charge in [0.05, 0.1) is 0 Å². The smallest absolute Gasteiger partial charge is 0.211 e. The van der Waals surface area contributed by atoms with Crippen LogP contribution in [0.15, 0.2) is 18.9 Å². The van der Waals surface area contributed by atoms with Gasteiger partial charge in [-0.1, -0.05) is 0 Å². The van der Waals surface area contributed by atoms with Crippen LogP contribution >= 0.6 is 11.3 Å². The highest BCUT2D eigenvalue weighted by atomic mass is 32.1. The average Bonchev–Trinajstić information content (AvgIpc) is 2.55. The highest BCUT2D eigenvalue weighted by Crippen LogP contribution is 2.13. The van der Waals surface area contributed by atoms with Gasteiger partial charge in [-0.2, -0.15) is 9.78 Å². The Labute approximate surface area is 67.5 Å². The van der Waals surface area contributed by atoms with Gasteiger partial charge in [-0.05, 0) is 6.92 Å². The van der Waals surface area contributed by atoms with E-state index in [1.807, 2.05) is 13.1 Å². The first kappa shape index (κ1) is 6.48. The van der Waals surface area contributed by atoms with Crippen molar-refractivity contribution in [3.05, 3.63) is 23.7 Å². The molecule has 0 saturated heterocycles. The van der Waals surface area contributed by atoms with E-state index >= 15 is 0 Å². The third kappa shape index (κ3) is 1.14. The van der Waals surface area contributed by atoms with Crippen LogP contribution in [0.3, 0.4) is 0 Å². The zero-order valence-electron chi connectivity index (χ0n) is 5.93. The van der Waals surface area contributed by atoms with Crippen LogP contribution in [0.25, 0.3) is 5.13 Å². The van der Waals surface area contributed by atoms with Crippen LogP contribution in [-0.4, -0.2) is 19.7 Å². The molecule has 0 saturated carbocycles. The summed E-state index contributed by atoms with van der Waals surface area (Å²) >= 11 is 1.59. The summed E-state index contributed by atoms with van der Waals surface area (Å²) in [6.45, 7) is 2.01. The summed E-state index contributed by atoms with van der Waals surface area (Å²) in [5, 5.41) is 4.81. The lowest BCUT2D eigenvalue weighted by Crippen LogP contribution is -1.91. The maximum atomic E-state index is 4.14. The minimum absolute atomic E-state index is 0.861. The fraction of sp³-hybridized carbons (Fsp3) is 0.167. The van der Waals surface area contributed by atoms with Gasteiger partial charge in [-0.25, -0.2) is 9.97 Å². The molecule has 0 N–H and O–H groups in total. The molecule has 0 spiro atoms. The lowest BCUT2D eigenvalue weighted by molar-refractivity contribution is 0.868. The van der Waals surface area contributed by atoms with Crippen LogP contribution in [0.1, 0.15) is 4.88 Å². The lowest BCUT2D eigenvalue weighted by Gasteiger charge is -1.88. The monoisotopic (exact) mass is 166 g/mol. The van der Waals surface area contributed by atoms with Crippen molar-refractivity contribution >= 4 is 11.3 Å². The number of hydrogen-bond acceptors (Lipinski definition) is 4. The first-order chi connectivity index (χ1) is 5.36. The molecule has 0 aliphatic heterocycles. The molecule has 2 aromatic rings. The summed E-state index contributed by atoms with van der Waals surface area (Å²) in [6, 6.07) is 0. The second-order valence-electron chi connectivity index (χ2n) is 2.09. The average molecular weight is 166 g/mol. The fourth-order valence-electron chi connectivity index (χ4n) is 0.756. The van der Waals surface area contributed by atoms with Crippen molar-refractivity contribution in [1.82, 2.24) is 19.7 Å². The Morgan fingerprint density at radius 2 is 2.45 bits per heavy atom. The van der Waals surface area contributed by atoms with Gasteiger partial charge in [0.15, 0.2) is 0 Å². The van der Waals surface area contributed by atoms with Crippen LogP contribution in [-0.2, 0) is 0 Å². The van der Waals surface area contributed by atoms with Crippen LogP contribution in [0.4, 0.5) is 0 Å². The first-order valence-corrected chi connectivity index (χ1v) is 3.95. The number of rotatable bonds is 1. The number of aromatic nitrogens is 4. The minimum atomic E-state index is 0.861. The van der Waals surface area contributed by atoms with E-state index in [0.29, 0.717) is 0 Å². The van der Waals surface area contributed by atoms with Crippen molar-refractivity contribution in [3.8, 4) is 5.13 Å². The van der Waals surface area contributed by atoms with Crippen molar-refractivity contribution in [2.45, 2.75) is 6.92 Å². The molecule has 56 valence electrons. The van der Waals surface area contributed by atoms with E-state index in [1.165, 1.54) is 11.2 Å². The molecule has 0 amide bonds. The molecule has 2 heterocycles. The Bertz CT molecular complexity index is 337. The first-order valence-electron chi connectivity index (χ1n) is 3.14. The molecule has 0 bridgehead atoms. The van der Waals surface area contributed by atoms with Crippen molar-refractivity contribution in [3.63, 3.8) is 0 Å². The van der Waals surface area contributed by atoms with E-state index in [1.54, 1.807) is 22.3 Å². The lowest BCUT2D eigenvalue weighted by atomic mass is 10.7. The van der Waals surface area contributed by atoms with Gasteiger partial charge in [-0.3, -0.25) is 0 Å². The topological polar surface area (TPSA) is 43.6 Å². The molecule has 0 radical (unpaired) electrons. The molecule has 4 nitrogen and oxygen atoms in total. The van der Waals surface area contributed by atoms with Gasteiger partial charge in [-0.15, -0.1) is 11.3 Å². The van der Waals surface area contributed by atoms with Gasteiger partial charge in [0.1, 0.15) is 12.7 Å². The predicted molar refractivity (Wildman–Crippen MR) is 41.8 cm³/mol. The van der Waals surface area contributed by atoms with Gasteiger partial charge in [0, 0.05) is 11.1 Å². The van der Waals surface area contributed by atoms with Gasteiger partial charge in [0.25, 0.3) is 0 Å². The predicted octanol–water partition coefficient (Wildman–Crippen LogP) is 1.03. The summed E-state index contributed by atoms with van der Waals surface area (Å²) in [4.78, 5) is 9.14. The second-order valence-corrected chi connectivity index (χ2v) is 3.31. The molecule has 2 rings (SSSR count). The molecular weight excluding hydrogens is 160 g/mol. The molecule has 0 atom stereocenters. The Morgan fingerprint density at radius 3 is 3.00 bits per heavy atom. The fourth-order valence-corrected chi connectivity index (χ4v) is 1.44. The molecule has 11 heavy (non-hydrogen) atoms. The van der Waals surface area contributed by atoms with E-state index in [4.69, 9.17) is 0 Å². The maximum Gasteiger partial charge on any atom is 0.211 e. The number of hydrogen-bond donors (Lipinski definition) is 0. The Kier molecular flexibility index (Phi) is 1.43. The molecule has 0 fully saturated rings. The Balaban J connectivity index is 2.45. The maximum absolute atomic E-state index is 4.14. The number of thiazole rings is 1. The van der Waals surface area contributed by atoms with E-state index in [2.05, 4.69) is 15.1 Å². The summed E-state index contributed by atoms with van der Waals surface area (Å²) in [5.74, 6) is 0. The Morgan fingerprint density at radius 1 is 1.55 bits per heavy atom. The van der Waals surface area contributed by atoms with E-state index in [9.17, 15) is 0 Å². The molecule has 2 aromatic heterocycles. The highest BCUT2D eigenvalue weighted by molar-refractivity contribution is 7.13. The van der Waals surface area contributed by atoms with Crippen molar-refractivity contribution in [2.75, 3.05) is 0 Å². The molecule has 0 aromatic carbocycles. The molecule has 5 heteroatoms. The van der Waals surface area contributed by atoms with Crippen molar-refractivity contribution < 1.29 is 0 Å². The number of aryl methyl sites for hydroxylation is 1. The summed E-state index contributed by atoms with van der Waals surface area (Å²) in [7, 11) is 0. The Hall–Kier alpha value is -1.23. The van der Waals surface area contributed by atoms with Crippen molar-refractivity contribution in [2.24, 2.45) is 0 Å². The molecular formula is C6H6N4S.